The molecule has 0 unspecified atom stereocenters. The highest BCUT2D eigenvalue weighted by molar-refractivity contribution is 4.80. The SMILES string of the molecule is CC=CCNCCCNCC=CC. The summed E-state index contributed by atoms with van der Waals surface area (Å²) in [7, 11) is 0. The predicted octanol–water partition coefficient (Wildman–Crippen LogP) is 1.71. The van der Waals surface area contributed by atoms with Crippen LogP contribution in [0.5, 0.6) is 0 Å². The van der Waals surface area contributed by atoms with Crippen LogP contribution in [0, 0.1) is 0 Å². The quantitative estimate of drug-likeness (QED) is 0.441. The molecule has 13 heavy (non-hydrogen) atoms. The Balaban J connectivity index is 2.91. The van der Waals surface area contributed by atoms with Gasteiger partial charge in [0.25, 0.3) is 0 Å². The van der Waals surface area contributed by atoms with Crippen molar-refractivity contribution in [3.8, 4) is 0 Å². The molecule has 76 valence electrons. The Morgan fingerprint density at radius 3 is 1.69 bits per heavy atom. The second-order valence-corrected chi connectivity index (χ2v) is 2.90. The average Bonchev–Trinajstić information content (AvgIpc) is 2.16. The van der Waals surface area contributed by atoms with E-state index in [0.717, 1.165) is 26.2 Å². The van der Waals surface area contributed by atoms with E-state index < -0.39 is 0 Å². The first-order chi connectivity index (χ1) is 6.41. The van der Waals surface area contributed by atoms with Crippen LogP contribution in [0.25, 0.3) is 0 Å². The zero-order chi connectivity index (χ0) is 9.78. The van der Waals surface area contributed by atoms with Gasteiger partial charge in [0.2, 0.25) is 0 Å². The third-order valence-corrected chi connectivity index (χ3v) is 1.70. The van der Waals surface area contributed by atoms with Crippen molar-refractivity contribution in [3.05, 3.63) is 24.3 Å². The van der Waals surface area contributed by atoms with Gasteiger partial charge in [-0.3, -0.25) is 0 Å². The van der Waals surface area contributed by atoms with Gasteiger partial charge in [-0.05, 0) is 33.4 Å². The minimum atomic E-state index is 0.991. The molecule has 0 atom stereocenters. The van der Waals surface area contributed by atoms with Crippen molar-refractivity contribution in [1.29, 1.82) is 0 Å². The highest BCUT2D eigenvalue weighted by Gasteiger charge is 1.84. The Morgan fingerprint density at radius 2 is 1.31 bits per heavy atom. The van der Waals surface area contributed by atoms with Gasteiger partial charge in [-0.25, -0.2) is 0 Å². The summed E-state index contributed by atoms with van der Waals surface area (Å²) < 4.78 is 0. The molecular formula is C11H22N2. The van der Waals surface area contributed by atoms with Crippen LogP contribution in [0.3, 0.4) is 0 Å². The highest BCUT2D eigenvalue weighted by atomic mass is 14.9. The maximum absolute atomic E-state index is 3.33. The summed E-state index contributed by atoms with van der Waals surface area (Å²) in [5.74, 6) is 0. The van der Waals surface area contributed by atoms with Crippen LogP contribution in [-0.2, 0) is 0 Å². The lowest BCUT2D eigenvalue weighted by atomic mass is 10.4. The van der Waals surface area contributed by atoms with Gasteiger partial charge in [0.05, 0.1) is 0 Å². The van der Waals surface area contributed by atoms with E-state index in [-0.39, 0.29) is 0 Å². The van der Waals surface area contributed by atoms with E-state index in [1.54, 1.807) is 0 Å². The molecule has 0 aromatic carbocycles. The fourth-order valence-electron chi connectivity index (χ4n) is 0.945. The summed E-state index contributed by atoms with van der Waals surface area (Å²) in [6.07, 6.45) is 9.59. The van der Waals surface area contributed by atoms with E-state index >= 15 is 0 Å². The molecule has 0 heterocycles. The lowest BCUT2D eigenvalue weighted by Crippen LogP contribution is -2.22. The topological polar surface area (TPSA) is 24.1 Å². The van der Waals surface area contributed by atoms with Crippen molar-refractivity contribution in [2.45, 2.75) is 20.3 Å². The molecule has 0 aromatic rings. The smallest absolute Gasteiger partial charge is 0.0134 e. The molecule has 0 aromatic heterocycles. The number of rotatable bonds is 8. The monoisotopic (exact) mass is 182 g/mol. The van der Waals surface area contributed by atoms with Gasteiger partial charge in [-0.2, -0.15) is 0 Å². The first-order valence-electron chi connectivity index (χ1n) is 5.05. The summed E-state index contributed by atoms with van der Waals surface area (Å²) in [4.78, 5) is 0. The fraction of sp³-hybridized carbons (Fsp3) is 0.636. The number of hydrogen-bond acceptors (Lipinski definition) is 2. The molecule has 0 aliphatic rings. The minimum Gasteiger partial charge on any atom is -0.313 e. The van der Waals surface area contributed by atoms with Crippen molar-refractivity contribution < 1.29 is 0 Å². The first kappa shape index (κ1) is 12.4. The normalized spacial score (nSPS) is 11.8. The summed E-state index contributed by atoms with van der Waals surface area (Å²) in [6.45, 7) is 8.25. The van der Waals surface area contributed by atoms with Gasteiger partial charge in [0.15, 0.2) is 0 Å². The number of nitrogens with one attached hydrogen (secondary N) is 2. The predicted molar refractivity (Wildman–Crippen MR) is 60.0 cm³/mol. The van der Waals surface area contributed by atoms with E-state index in [2.05, 4.69) is 34.9 Å². The Bertz CT molecular complexity index is 123. The molecule has 0 amide bonds. The summed E-state index contributed by atoms with van der Waals surface area (Å²) in [5, 5.41) is 6.66. The molecule has 0 aliphatic carbocycles. The molecule has 2 heteroatoms. The number of allylic oxidation sites excluding steroid dienone is 2. The zero-order valence-corrected chi connectivity index (χ0v) is 8.84. The van der Waals surface area contributed by atoms with E-state index in [1.165, 1.54) is 6.42 Å². The van der Waals surface area contributed by atoms with Crippen LogP contribution in [0.15, 0.2) is 24.3 Å². The molecule has 0 fully saturated rings. The zero-order valence-electron chi connectivity index (χ0n) is 8.84. The molecule has 0 rings (SSSR count). The van der Waals surface area contributed by atoms with E-state index in [0.29, 0.717) is 0 Å². The summed E-state index contributed by atoms with van der Waals surface area (Å²) >= 11 is 0. The first-order valence-corrected chi connectivity index (χ1v) is 5.05. The molecule has 0 saturated heterocycles. The molecule has 0 spiro atoms. The van der Waals surface area contributed by atoms with Gasteiger partial charge in [0, 0.05) is 13.1 Å². The average molecular weight is 182 g/mol. The second-order valence-electron chi connectivity index (χ2n) is 2.90. The van der Waals surface area contributed by atoms with E-state index in [4.69, 9.17) is 0 Å². The van der Waals surface area contributed by atoms with Crippen molar-refractivity contribution >= 4 is 0 Å². The minimum absolute atomic E-state index is 0.991. The maximum Gasteiger partial charge on any atom is 0.0134 e. The largest absolute Gasteiger partial charge is 0.313 e. The van der Waals surface area contributed by atoms with E-state index in [1.807, 2.05) is 13.8 Å². The van der Waals surface area contributed by atoms with Crippen molar-refractivity contribution in [2.75, 3.05) is 26.2 Å². The van der Waals surface area contributed by atoms with Gasteiger partial charge in [-0.1, -0.05) is 24.3 Å². The molecule has 0 saturated carbocycles. The Morgan fingerprint density at radius 1 is 0.846 bits per heavy atom. The Kier molecular flexibility index (Phi) is 10.9. The lowest BCUT2D eigenvalue weighted by molar-refractivity contribution is 0.639. The van der Waals surface area contributed by atoms with Gasteiger partial charge in [0.1, 0.15) is 0 Å². The molecule has 2 N–H and O–H groups in total. The van der Waals surface area contributed by atoms with Gasteiger partial charge < -0.3 is 10.6 Å². The fourth-order valence-corrected chi connectivity index (χ4v) is 0.945. The third-order valence-electron chi connectivity index (χ3n) is 1.70. The van der Waals surface area contributed by atoms with Crippen LogP contribution >= 0.6 is 0 Å². The molecular weight excluding hydrogens is 160 g/mol. The summed E-state index contributed by atoms with van der Waals surface area (Å²) in [6, 6.07) is 0. The standard InChI is InChI=1S/C11H22N2/c1-3-5-8-12-10-7-11-13-9-6-4-2/h3-6,12-13H,7-11H2,1-2H3. The van der Waals surface area contributed by atoms with Gasteiger partial charge >= 0.3 is 0 Å². The van der Waals surface area contributed by atoms with Crippen LogP contribution in [0.4, 0.5) is 0 Å². The Labute approximate surface area is 82.1 Å². The second kappa shape index (κ2) is 11.4. The molecule has 2 nitrogen and oxygen atoms in total. The van der Waals surface area contributed by atoms with Gasteiger partial charge in [-0.15, -0.1) is 0 Å². The molecule has 0 bridgehead atoms. The van der Waals surface area contributed by atoms with Crippen molar-refractivity contribution in [3.63, 3.8) is 0 Å². The van der Waals surface area contributed by atoms with Crippen LogP contribution < -0.4 is 10.6 Å². The maximum atomic E-state index is 3.33. The van der Waals surface area contributed by atoms with Crippen LogP contribution in [0.1, 0.15) is 20.3 Å². The Hall–Kier alpha value is -0.600. The van der Waals surface area contributed by atoms with Crippen molar-refractivity contribution in [1.82, 2.24) is 10.6 Å². The summed E-state index contributed by atoms with van der Waals surface area (Å²) in [5.41, 5.74) is 0. The number of hydrogen-bond donors (Lipinski definition) is 2. The lowest BCUT2D eigenvalue weighted by Gasteiger charge is -2.02. The van der Waals surface area contributed by atoms with Crippen molar-refractivity contribution in [2.24, 2.45) is 0 Å². The van der Waals surface area contributed by atoms with Crippen LogP contribution in [-0.4, -0.2) is 26.2 Å². The molecule has 0 radical (unpaired) electrons. The van der Waals surface area contributed by atoms with Crippen LogP contribution in [0.2, 0.25) is 0 Å². The molecule has 0 aliphatic heterocycles. The highest BCUT2D eigenvalue weighted by Crippen LogP contribution is 1.75. The van der Waals surface area contributed by atoms with E-state index in [9.17, 15) is 0 Å². The third kappa shape index (κ3) is 11.4.